The van der Waals surface area contributed by atoms with Crippen molar-refractivity contribution >= 4 is 17.5 Å². The fourth-order valence-electron chi connectivity index (χ4n) is 2.84. The molecule has 2 aromatic rings. The van der Waals surface area contributed by atoms with Crippen LogP contribution in [-0.4, -0.2) is 17.6 Å². The molecule has 0 spiro atoms. The zero-order valence-electron chi connectivity index (χ0n) is 11.7. The molecule has 6 heteroatoms. The second-order valence-electron chi connectivity index (χ2n) is 5.42. The molecule has 0 saturated heterocycles. The van der Waals surface area contributed by atoms with Gasteiger partial charge in [-0.2, -0.15) is 0 Å². The van der Waals surface area contributed by atoms with Crippen LogP contribution >= 0.6 is 11.6 Å². The van der Waals surface area contributed by atoms with Gasteiger partial charge in [-0.3, -0.25) is 4.79 Å². The van der Waals surface area contributed by atoms with E-state index in [0.29, 0.717) is 12.0 Å². The van der Waals surface area contributed by atoms with Gasteiger partial charge in [-0.15, -0.1) is 0 Å². The number of nitrogens with one attached hydrogen (secondary N) is 1. The summed E-state index contributed by atoms with van der Waals surface area (Å²) < 4.78 is 19.1. The number of rotatable bonds is 3. The number of carbonyl (C=O) groups is 1. The van der Waals surface area contributed by atoms with Gasteiger partial charge in [0.25, 0.3) is 5.91 Å². The van der Waals surface area contributed by atoms with Crippen LogP contribution in [0.4, 0.5) is 4.39 Å². The van der Waals surface area contributed by atoms with Crippen molar-refractivity contribution in [3.8, 4) is 0 Å². The summed E-state index contributed by atoms with van der Waals surface area (Å²) in [5, 5.41) is 13.4. The standard InChI is InChI=1S/C16H15ClFNO3/c17-11-3-1-4-12(18)14(11)15(20)19-9-16(21)7-2-5-13-10(16)6-8-22-13/h1,3-4,6,8,21H,2,5,7,9H2,(H,19,20). The fraction of sp³-hybridized carbons (Fsp3) is 0.312. The number of benzene rings is 1. The second kappa shape index (κ2) is 5.74. The van der Waals surface area contributed by atoms with Crippen LogP contribution in [0.2, 0.25) is 5.02 Å². The minimum atomic E-state index is -1.20. The van der Waals surface area contributed by atoms with E-state index in [0.717, 1.165) is 18.6 Å². The summed E-state index contributed by atoms with van der Waals surface area (Å²) in [6, 6.07) is 5.75. The summed E-state index contributed by atoms with van der Waals surface area (Å²) in [6.07, 6.45) is 3.55. The summed E-state index contributed by atoms with van der Waals surface area (Å²) in [5.41, 5.74) is -0.733. The topological polar surface area (TPSA) is 62.5 Å². The largest absolute Gasteiger partial charge is 0.469 e. The number of furan rings is 1. The highest BCUT2D eigenvalue weighted by atomic mass is 35.5. The van der Waals surface area contributed by atoms with Crippen molar-refractivity contribution in [2.45, 2.75) is 24.9 Å². The zero-order chi connectivity index (χ0) is 15.7. The number of aryl methyl sites for hydroxylation is 1. The van der Waals surface area contributed by atoms with Crippen molar-refractivity contribution in [2.75, 3.05) is 6.54 Å². The zero-order valence-corrected chi connectivity index (χ0v) is 12.5. The fourth-order valence-corrected chi connectivity index (χ4v) is 3.09. The van der Waals surface area contributed by atoms with E-state index in [1.165, 1.54) is 24.5 Å². The molecule has 0 fully saturated rings. The summed E-state index contributed by atoms with van der Waals surface area (Å²) in [5.74, 6) is -0.608. The average molecular weight is 324 g/mol. The molecule has 1 atom stereocenters. The van der Waals surface area contributed by atoms with Crippen LogP contribution in [0.1, 0.15) is 34.5 Å². The molecule has 1 heterocycles. The molecule has 116 valence electrons. The van der Waals surface area contributed by atoms with Crippen LogP contribution in [-0.2, 0) is 12.0 Å². The van der Waals surface area contributed by atoms with Gasteiger partial charge in [0.15, 0.2) is 0 Å². The van der Waals surface area contributed by atoms with E-state index in [4.69, 9.17) is 16.0 Å². The Labute approximate surface area is 131 Å². The summed E-state index contributed by atoms with van der Waals surface area (Å²) in [6.45, 7) is -0.0248. The van der Waals surface area contributed by atoms with Crippen molar-refractivity contribution < 1.29 is 18.7 Å². The van der Waals surface area contributed by atoms with Crippen molar-refractivity contribution in [3.05, 3.63) is 58.3 Å². The van der Waals surface area contributed by atoms with E-state index in [9.17, 15) is 14.3 Å². The molecule has 0 radical (unpaired) electrons. The first-order chi connectivity index (χ1) is 10.5. The van der Waals surface area contributed by atoms with Crippen LogP contribution in [0, 0.1) is 5.82 Å². The summed E-state index contributed by atoms with van der Waals surface area (Å²) in [4.78, 5) is 12.2. The third-order valence-electron chi connectivity index (χ3n) is 3.97. The van der Waals surface area contributed by atoms with Crippen molar-refractivity contribution in [1.82, 2.24) is 5.32 Å². The van der Waals surface area contributed by atoms with Crippen molar-refractivity contribution in [3.63, 3.8) is 0 Å². The molecular weight excluding hydrogens is 309 g/mol. The monoisotopic (exact) mass is 323 g/mol. The summed E-state index contributed by atoms with van der Waals surface area (Å²) in [7, 11) is 0. The molecule has 0 saturated carbocycles. The molecule has 1 aliphatic carbocycles. The molecule has 1 amide bonds. The molecule has 3 rings (SSSR count). The minimum Gasteiger partial charge on any atom is -0.469 e. The Hall–Kier alpha value is -1.85. The molecule has 2 N–H and O–H groups in total. The van der Waals surface area contributed by atoms with Crippen LogP contribution < -0.4 is 5.32 Å². The van der Waals surface area contributed by atoms with E-state index in [2.05, 4.69) is 5.32 Å². The molecule has 1 aliphatic rings. The van der Waals surface area contributed by atoms with E-state index < -0.39 is 17.3 Å². The number of halogens is 2. The number of carbonyl (C=O) groups excluding carboxylic acids is 1. The normalized spacial score (nSPS) is 20.5. The quantitative estimate of drug-likeness (QED) is 0.912. The molecule has 1 aromatic heterocycles. The van der Waals surface area contributed by atoms with Crippen molar-refractivity contribution in [2.24, 2.45) is 0 Å². The summed E-state index contributed by atoms with van der Waals surface area (Å²) >= 11 is 5.87. The lowest BCUT2D eigenvalue weighted by molar-refractivity contribution is 0.0168. The van der Waals surface area contributed by atoms with Gasteiger partial charge in [-0.05, 0) is 31.0 Å². The molecule has 0 bridgehead atoms. The van der Waals surface area contributed by atoms with Crippen LogP contribution in [0.15, 0.2) is 34.9 Å². The molecule has 4 nitrogen and oxygen atoms in total. The third kappa shape index (κ3) is 2.62. The predicted molar refractivity (Wildman–Crippen MR) is 79.3 cm³/mol. The van der Waals surface area contributed by atoms with E-state index in [1.54, 1.807) is 6.07 Å². The van der Waals surface area contributed by atoms with Gasteiger partial charge in [0.2, 0.25) is 0 Å². The SMILES string of the molecule is O=C(NCC1(O)CCCc2occc21)c1c(F)cccc1Cl. The Balaban J connectivity index is 1.77. The lowest BCUT2D eigenvalue weighted by Crippen LogP contribution is -2.42. The van der Waals surface area contributed by atoms with E-state index in [1.807, 2.05) is 0 Å². The van der Waals surface area contributed by atoms with Crippen LogP contribution in [0.3, 0.4) is 0 Å². The van der Waals surface area contributed by atoms with Gasteiger partial charge in [-0.1, -0.05) is 17.7 Å². The highest BCUT2D eigenvalue weighted by molar-refractivity contribution is 6.33. The first-order valence-corrected chi connectivity index (χ1v) is 7.40. The van der Waals surface area contributed by atoms with Gasteiger partial charge in [0, 0.05) is 12.0 Å². The number of fused-ring (bicyclic) bond motifs is 1. The van der Waals surface area contributed by atoms with Gasteiger partial charge in [-0.25, -0.2) is 4.39 Å². The highest BCUT2D eigenvalue weighted by Crippen LogP contribution is 2.35. The molecule has 0 aliphatic heterocycles. The lowest BCUT2D eigenvalue weighted by atomic mass is 9.83. The first kappa shape index (κ1) is 15.1. The van der Waals surface area contributed by atoms with Gasteiger partial charge >= 0.3 is 0 Å². The van der Waals surface area contributed by atoms with Crippen LogP contribution in [0.25, 0.3) is 0 Å². The number of aliphatic hydroxyl groups is 1. The maximum absolute atomic E-state index is 13.7. The predicted octanol–water partition coefficient (Wildman–Crippen LogP) is 3.03. The Morgan fingerprint density at radius 1 is 1.45 bits per heavy atom. The first-order valence-electron chi connectivity index (χ1n) is 7.03. The van der Waals surface area contributed by atoms with E-state index >= 15 is 0 Å². The van der Waals surface area contributed by atoms with Crippen LogP contribution in [0.5, 0.6) is 0 Å². The van der Waals surface area contributed by atoms with E-state index in [-0.39, 0.29) is 17.1 Å². The van der Waals surface area contributed by atoms with Crippen molar-refractivity contribution in [1.29, 1.82) is 0 Å². The Bertz CT molecular complexity index is 695. The minimum absolute atomic E-state index is 0.0248. The van der Waals surface area contributed by atoms with Gasteiger partial charge in [0.05, 0.1) is 23.4 Å². The average Bonchev–Trinajstić information content (AvgIpc) is 2.95. The highest BCUT2D eigenvalue weighted by Gasteiger charge is 2.36. The third-order valence-corrected chi connectivity index (χ3v) is 4.29. The molecule has 1 unspecified atom stereocenters. The maximum atomic E-state index is 13.7. The number of amides is 1. The second-order valence-corrected chi connectivity index (χ2v) is 5.83. The number of hydrogen-bond acceptors (Lipinski definition) is 3. The smallest absolute Gasteiger partial charge is 0.255 e. The molecule has 1 aromatic carbocycles. The Morgan fingerprint density at radius 2 is 2.27 bits per heavy atom. The van der Waals surface area contributed by atoms with Gasteiger partial charge in [0.1, 0.15) is 17.2 Å². The number of hydrogen-bond donors (Lipinski definition) is 2. The lowest BCUT2D eigenvalue weighted by Gasteiger charge is -2.31. The Kier molecular flexibility index (Phi) is 3.93. The maximum Gasteiger partial charge on any atom is 0.255 e. The Morgan fingerprint density at radius 3 is 3.05 bits per heavy atom. The molecule has 22 heavy (non-hydrogen) atoms. The molecular formula is C16H15ClFNO3. The van der Waals surface area contributed by atoms with Gasteiger partial charge < -0.3 is 14.8 Å².